The van der Waals surface area contributed by atoms with Crippen molar-refractivity contribution in [2.75, 3.05) is 32.7 Å². The molecular formula is C16H19ClF3N3O. The van der Waals surface area contributed by atoms with Gasteiger partial charge >= 0.3 is 6.18 Å². The molecule has 0 bridgehead atoms. The number of hydrogen-bond donors (Lipinski definition) is 1. The second-order valence-corrected chi connectivity index (χ2v) is 6.57. The van der Waals surface area contributed by atoms with E-state index >= 15 is 0 Å². The average molecular weight is 362 g/mol. The lowest BCUT2D eigenvalue weighted by atomic mass is 10.0. The molecule has 24 heavy (non-hydrogen) atoms. The zero-order valence-corrected chi connectivity index (χ0v) is 13.8. The summed E-state index contributed by atoms with van der Waals surface area (Å²) in [5, 5.41) is 3.88. The summed E-state index contributed by atoms with van der Waals surface area (Å²) >= 11 is 6.28. The Balaban J connectivity index is 1.79. The van der Waals surface area contributed by atoms with E-state index in [4.69, 9.17) is 11.6 Å². The highest BCUT2D eigenvalue weighted by Gasteiger charge is 2.43. The molecule has 2 atom stereocenters. The van der Waals surface area contributed by atoms with Crippen LogP contribution in [0.5, 0.6) is 0 Å². The van der Waals surface area contributed by atoms with Gasteiger partial charge in [0.1, 0.15) is 6.54 Å². The number of nitrogens with one attached hydrogen (secondary N) is 1. The topological polar surface area (TPSA) is 35.6 Å². The van der Waals surface area contributed by atoms with Crippen molar-refractivity contribution in [2.45, 2.75) is 24.7 Å². The summed E-state index contributed by atoms with van der Waals surface area (Å²) in [6.07, 6.45) is -3.95. The van der Waals surface area contributed by atoms with Crippen molar-refractivity contribution in [3.63, 3.8) is 0 Å². The van der Waals surface area contributed by atoms with Crippen LogP contribution in [-0.2, 0) is 4.79 Å². The molecular weight excluding hydrogens is 343 g/mol. The van der Waals surface area contributed by atoms with Crippen molar-refractivity contribution in [3.8, 4) is 0 Å². The number of hydrogen-bond acceptors (Lipinski definition) is 3. The highest BCUT2D eigenvalue weighted by atomic mass is 35.5. The largest absolute Gasteiger partial charge is 0.406 e. The molecule has 1 amide bonds. The van der Waals surface area contributed by atoms with Gasteiger partial charge in [0, 0.05) is 37.2 Å². The second-order valence-electron chi connectivity index (χ2n) is 6.16. The van der Waals surface area contributed by atoms with Crippen LogP contribution in [0.15, 0.2) is 24.3 Å². The van der Waals surface area contributed by atoms with Gasteiger partial charge in [-0.05, 0) is 18.1 Å². The third-order valence-corrected chi connectivity index (χ3v) is 4.93. The van der Waals surface area contributed by atoms with Crippen molar-refractivity contribution in [3.05, 3.63) is 34.9 Å². The number of carbonyl (C=O) groups excluding carboxylic acids is 1. The van der Waals surface area contributed by atoms with E-state index in [9.17, 15) is 18.0 Å². The van der Waals surface area contributed by atoms with E-state index in [2.05, 4.69) is 5.32 Å². The lowest BCUT2D eigenvalue weighted by Gasteiger charge is -2.40. The number of likely N-dealkylation sites (tertiary alicyclic amines) is 1. The second kappa shape index (κ2) is 6.90. The highest BCUT2D eigenvalue weighted by Crippen LogP contribution is 2.33. The maximum absolute atomic E-state index is 12.6. The van der Waals surface area contributed by atoms with Crippen LogP contribution < -0.4 is 5.32 Å². The first-order valence-corrected chi connectivity index (χ1v) is 8.31. The lowest BCUT2D eigenvalue weighted by Crippen LogP contribution is -2.53. The van der Waals surface area contributed by atoms with E-state index in [-0.39, 0.29) is 12.6 Å². The predicted octanol–water partition coefficient (Wildman–Crippen LogP) is 2.45. The maximum atomic E-state index is 12.6. The van der Waals surface area contributed by atoms with Crippen molar-refractivity contribution in [1.29, 1.82) is 0 Å². The maximum Gasteiger partial charge on any atom is 0.406 e. The molecule has 0 saturated carbocycles. The fraction of sp³-hybridized carbons (Fsp3) is 0.562. The summed E-state index contributed by atoms with van der Waals surface area (Å²) in [6.45, 7) is 0.885. The predicted molar refractivity (Wildman–Crippen MR) is 84.8 cm³/mol. The quantitative estimate of drug-likeness (QED) is 0.898. The molecule has 1 aromatic rings. The van der Waals surface area contributed by atoms with Gasteiger partial charge in [-0.2, -0.15) is 13.2 Å². The molecule has 2 fully saturated rings. The van der Waals surface area contributed by atoms with Crippen LogP contribution in [-0.4, -0.2) is 60.6 Å². The molecule has 0 spiro atoms. The van der Waals surface area contributed by atoms with Gasteiger partial charge in [0.05, 0.1) is 6.04 Å². The van der Waals surface area contributed by atoms with Gasteiger partial charge in [-0.3, -0.25) is 9.69 Å². The molecule has 2 unspecified atom stereocenters. The number of halogens is 4. The zero-order valence-electron chi connectivity index (χ0n) is 13.0. The molecule has 1 N–H and O–H groups in total. The average Bonchev–Trinajstić information content (AvgIpc) is 2.87. The smallest absolute Gasteiger partial charge is 0.332 e. The summed E-state index contributed by atoms with van der Waals surface area (Å²) in [4.78, 5) is 15.4. The normalized spacial score (nSPS) is 26.2. The number of piperazine rings is 1. The van der Waals surface area contributed by atoms with Gasteiger partial charge < -0.3 is 10.2 Å². The first-order valence-electron chi connectivity index (χ1n) is 7.93. The van der Waals surface area contributed by atoms with E-state index in [1.807, 2.05) is 23.1 Å². The summed E-state index contributed by atoms with van der Waals surface area (Å²) in [5.41, 5.74) is 0.897. The Labute approximate surface area is 143 Å². The Bertz CT molecular complexity index is 610. The van der Waals surface area contributed by atoms with E-state index in [0.717, 1.165) is 10.5 Å². The van der Waals surface area contributed by atoms with Crippen LogP contribution in [0.25, 0.3) is 0 Å². The number of carbonyl (C=O) groups is 1. The molecule has 0 aromatic heterocycles. The summed E-state index contributed by atoms with van der Waals surface area (Å²) in [5.74, 6) is -0.439. The first-order chi connectivity index (χ1) is 11.4. The molecule has 4 nitrogen and oxygen atoms in total. The van der Waals surface area contributed by atoms with E-state index in [1.54, 1.807) is 6.07 Å². The van der Waals surface area contributed by atoms with E-state index in [1.165, 1.54) is 0 Å². The minimum atomic E-state index is -4.36. The number of nitrogens with zero attached hydrogens (tertiary/aromatic N) is 2. The van der Waals surface area contributed by atoms with Gasteiger partial charge in [-0.1, -0.05) is 29.8 Å². The minimum absolute atomic E-state index is 0.118. The molecule has 2 saturated heterocycles. The summed E-state index contributed by atoms with van der Waals surface area (Å²) < 4.78 is 37.8. The SMILES string of the molecule is O=C1C(N2CCNCC2c2ccccc2Cl)CCN1CC(F)(F)F. The number of alkyl halides is 3. The van der Waals surface area contributed by atoms with Crippen molar-refractivity contribution < 1.29 is 18.0 Å². The van der Waals surface area contributed by atoms with Gasteiger partial charge in [0.25, 0.3) is 0 Å². The Morgan fingerprint density at radius 1 is 1.21 bits per heavy atom. The number of benzene rings is 1. The first kappa shape index (κ1) is 17.5. The number of amides is 1. The van der Waals surface area contributed by atoms with Crippen LogP contribution >= 0.6 is 11.6 Å². The zero-order chi connectivity index (χ0) is 17.3. The summed E-state index contributed by atoms with van der Waals surface area (Å²) in [7, 11) is 0. The highest BCUT2D eigenvalue weighted by molar-refractivity contribution is 6.31. The molecule has 2 heterocycles. The summed E-state index contributed by atoms with van der Waals surface area (Å²) in [6, 6.07) is 6.76. The third-order valence-electron chi connectivity index (χ3n) is 4.59. The Morgan fingerprint density at radius 2 is 1.96 bits per heavy atom. The van der Waals surface area contributed by atoms with Gasteiger partial charge in [-0.25, -0.2) is 0 Å². The van der Waals surface area contributed by atoms with Crippen molar-refractivity contribution >= 4 is 17.5 Å². The van der Waals surface area contributed by atoms with Crippen LogP contribution in [0, 0.1) is 0 Å². The minimum Gasteiger partial charge on any atom is -0.332 e. The van der Waals surface area contributed by atoms with Crippen LogP contribution in [0.2, 0.25) is 5.02 Å². The molecule has 3 rings (SSSR count). The van der Waals surface area contributed by atoms with Gasteiger partial charge in [0.2, 0.25) is 5.91 Å². The third kappa shape index (κ3) is 3.68. The molecule has 0 aliphatic carbocycles. The van der Waals surface area contributed by atoms with Crippen LogP contribution in [0.3, 0.4) is 0 Å². The molecule has 2 aliphatic rings. The standard InChI is InChI=1S/C16H19ClF3N3O/c17-12-4-2-1-3-11(12)14-9-21-6-8-23(14)13-5-7-22(15(13)24)10-16(18,19)20/h1-4,13-14,21H,5-10H2. The van der Waals surface area contributed by atoms with Gasteiger partial charge in [-0.15, -0.1) is 0 Å². The molecule has 2 aliphatic heterocycles. The van der Waals surface area contributed by atoms with E-state index in [0.29, 0.717) is 31.1 Å². The fourth-order valence-corrected chi connectivity index (χ4v) is 3.79. The lowest BCUT2D eigenvalue weighted by molar-refractivity contribution is -0.159. The van der Waals surface area contributed by atoms with Crippen molar-refractivity contribution in [2.24, 2.45) is 0 Å². The Morgan fingerprint density at radius 3 is 2.67 bits per heavy atom. The van der Waals surface area contributed by atoms with Crippen LogP contribution in [0.1, 0.15) is 18.0 Å². The van der Waals surface area contributed by atoms with Gasteiger partial charge in [0.15, 0.2) is 0 Å². The molecule has 132 valence electrons. The Hall–Kier alpha value is -1.31. The molecule has 8 heteroatoms. The monoisotopic (exact) mass is 361 g/mol. The molecule has 0 radical (unpaired) electrons. The van der Waals surface area contributed by atoms with Crippen molar-refractivity contribution in [1.82, 2.24) is 15.1 Å². The Kier molecular flexibility index (Phi) is 5.03. The number of rotatable bonds is 3. The van der Waals surface area contributed by atoms with E-state index < -0.39 is 24.7 Å². The van der Waals surface area contributed by atoms with Crippen LogP contribution in [0.4, 0.5) is 13.2 Å². The fourth-order valence-electron chi connectivity index (χ4n) is 3.53. The molecule has 1 aromatic carbocycles.